The molecular formula is C26H24N4O. The van der Waals surface area contributed by atoms with Gasteiger partial charge in [0.05, 0.1) is 17.1 Å². The van der Waals surface area contributed by atoms with E-state index in [-0.39, 0.29) is 11.9 Å². The number of terminal acetylenes is 1. The maximum absolute atomic E-state index is 12.9. The molecular weight excluding hydrogens is 384 g/mol. The predicted molar refractivity (Wildman–Crippen MR) is 124 cm³/mol. The highest BCUT2D eigenvalue weighted by Crippen LogP contribution is 2.22. The zero-order chi connectivity index (χ0) is 21.6. The summed E-state index contributed by atoms with van der Waals surface area (Å²) in [5.74, 6) is 3.22. The summed E-state index contributed by atoms with van der Waals surface area (Å²) < 4.78 is 0. The molecule has 4 N–H and O–H groups in total. The van der Waals surface area contributed by atoms with Crippen LogP contribution in [0.25, 0.3) is 22.2 Å². The Hall–Kier alpha value is -3.88. The third-order valence-corrected chi connectivity index (χ3v) is 5.27. The van der Waals surface area contributed by atoms with Gasteiger partial charge in [-0.25, -0.2) is 4.98 Å². The minimum atomic E-state index is -0.237. The van der Waals surface area contributed by atoms with Crippen molar-refractivity contribution in [2.75, 3.05) is 6.54 Å². The van der Waals surface area contributed by atoms with Crippen LogP contribution in [-0.4, -0.2) is 22.4 Å². The molecule has 1 amide bonds. The van der Waals surface area contributed by atoms with Crippen molar-refractivity contribution < 1.29 is 4.79 Å². The van der Waals surface area contributed by atoms with Gasteiger partial charge >= 0.3 is 0 Å². The number of aromatic amines is 1. The van der Waals surface area contributed by atoms with Crippen LogP contribution in [0.2, 0.25) is 0 Å². The van der Waals surface area contributed by atoms with Gasteiger partial charge in [-0.3, -0.25) is 4.79 Å². The number of hydrogen-bond donors (Lipinski definition) is 3. The van der Waals surface area contributed by atoms with E-state index in [1.165, 1.54) is 0 Å². The Morgan fingerprint density at radius 3 is 2.35 bits per heavy atom. The normalized spacial score (nSPS) is 11.7. The molecule has 0 aliphatic heterocycles. The van der Waals surface area contributed by atoms with E-state index < -0.39 is 0 Å². The van der Waals surface area contributed by atoms with Crippen LogP contribution in [0.5, 0.6) is 0 Å². The van der Waals surface area contributed by atoms with Gasteiger partial charge in [0.1, 0.15) is 5.82 Å². The molecule has 5 heteroatoms. The lowest BCUT2D eigenvalue weighted by atomic mass is 10.0. The molecule has 1 atom stereocenters. The van der Waals surface area contributed by atoms with Crippen LogP contribution < -0.4 is 11.1 Å². The highest BCUT2D eigenvalue weighted by atomic mass is 16.1. The summed E-state index contributed by atoms with van der Waals surface area (Å²) >= 11 is 0. The molecule has 0 radical (unpaired) electrons. The van der Waals surface area contributed by atoms with Crippen molar-refractivity contribution in [3.63, 3.8) is 0 Å². The molecule has 1 aromatic heterocycles. The standard InChI is InChI=1S/C26H24N4O/c1-2-18-9-11-19(12-10-18)20-13-15-21(16-14-20)26(31)30-24(8-5-17-27)25-28-22-6-3-4-7-23(22)29-25/h1,3-4,6-7,9-16,24H,5,8,17,27H2,(H,28,29)(H,30,31). The van der Waals surface area contributed by atoms with Crippen LogP contribution in [-0.2, 0) is 0 Å². The number of nitrogens with zero attached hydrogens (tertiary/aromatic N) is 1. The van der Waals surface area contributed by atoms with Gasteiger partial charge in [-0.05, 0) is 66.9 Å². The monoisotopic (exact) mass is 408 g/mol. The molecule has 1 heterocycles. The molecule has 4 aromatic rings. The highest BCUT2D eigenvalue weighted by Gasteiger charge is 2.19. The number of fused-ring (bicyclic) bond motifs is 1. The topological polar surface area (TPSA) is 83.8 Å². The van der Waals surface area contributed by atoms with Gasteiger partial charge in [-0.15, -0.1) is 6.42 Å². The van der Waals surface area contributed by atoms with Crippen molar-refractivity contribution in [3.8, 4) is 23.5 Å². The number of carbonyl (C=O) groups is 1. The van der Waals surface area contributed by atoms with Gasteiger partial charge in [0.25, 0.3) is 5.91 Å². The molecule has 0 bridgehead atoms. The molecule has 0 spiro atoms. The smallest absolute Gasteiger partial charge is 0.251 e. The van der Waals surface area contributed by atoms with Crippen LogP contribution >= 0.6 is 0 Å². The second-order valence-corrected chi connectivity index (χ2v) is 7.40. The van der Waals surface area contributed by atoms with E-state index in [1.54, 1.807) is 0 Å². The Balaban J connectivity index is 1.51. The fraction of sp³-hybridized carbons (Fsp3) is 0.154. The number of carbonyl (C=O) groups excluding carboxylic acids is 1. The van der Waals surface area contributed by atoms with Crippen molar-refractivity contribution in [1.82, 2.24) is 15.3 Å². The average Bonchev–Trinajstić information content (AvgIpc) is 3.26. The van der Waals surface area contributed by atoms with E-state index in [0.717, 1.165) is 40.0 Å². The number of benzene rings is 3. The Bertz CT molecular complexity index is 1180. The lowest BCUT2D eigenvalue weighted by Gasteiger charge is -2.16. The first-order valence-electron chi connectivity index (χ1n) is 10.3. The number of nitrogens with one attached hydrogen (secondary N) is 2. The SMILES string of the molecule is C#Cc1ccc(-c2ccc(C(=O)NC(CCCN)c3nc4ccccc4[nH]3)cc2)cc1. The van der Waals surface area contributed by atoms with Crippen LogP contribution in [0.3, 0.4) is 0 Å². The van der Waals surface area contributed by atoms with Gasteiger partial charge in [-0.2, -0.15) is 0 Å². The van der Waals surface area contributed by atoms with E-state index in [4.69, 9.17) is 12.2 Å². The second kappa shape index (κ2) is 9.29. The summed E-state index contributed by atoms with van der Waals surface area (Å²) in [5.41, 5.74) is 11.0. The average molecular weight is 409 g/mol. The van der Waals surface area contributed by atoms with Crippen LogP contribution in [0.4, 0.5) is 0 Å². The molecule has 154 valence electrons. The summed E-state index contributed by atoms with van der Waals surface area (Å²) in [7, 11) is 0. The quantitative estimate of drug-likeness (QED) is 0.396. The molecule has 31 heavy (non-hydrogen) atoms. The van der Waals surface area contributed by atoms with Gasteiger partial charge in [0, 0.05) is 11.1 Å². The Morgan fingerprint density at radius 2 is 1.71 bits per heavy atom. The number of imidazole rings is 1. The molecule has 4 rings (SSSR count). The van der Waals surface area contributed by atoms with Crippen LogP contribution in [0.1, 0.15) is 40.6 Å². The third kappa shape index (κ3) is 4.66. The van der Waals surface area contributed by atoms with E-state index in [2.05, 4.69) is 21.2 Å². The van der Waals surface area contributed by atoms with Crippen molar-refractivity contribution >= 4 is 16.9 Å². The molecule has 5 nitrogen and oxygen atoms in total. The fourth-order valence-electron chi connectivity index (χ4n) is 3.55. The molecule has 3 aromatic carbocycles. The molecule has 0 saturated carbocycles. The first-order valence-corrected chi connectivity index (χ1v) is 10.3. The van der Waals surface area contributed by atoms with Crippen LogP contribution in [0, 0.1) is 12.3 Å². The number of nitrogens with two attached hydrogens (primary N) is 1. The number of aromatic nitrogens is 2. The minimum absolute atomic E-state index is 0.142. The molecule has 0 saturated heterocycles. The van der Waals surface area contributed by atoms with Crippen molar-refractivity contribution in [3.05, 3.63) is 89.7 Å². The molecule has 0 fully saturated rings. The third-order valence-electron chi connectivity index (χ3n) is 5.27. The maximum Gasteiger partial charge on any atom is 0.251 e. The first kappa shape index (κ1) is 20.4. The molecule has 0 aliphatic carbocycles. The summed E-state index contributed by atoms with van der Waals surface area (Å²) in [6.45, 7) is 0.555. The highest BCUT2D eigenvalue weighted by molar-refractivity contribution is 5.95. The summed E-state index contributed by atoms with van der Waals surface area (Å²) in [6.07, 6.45) is 6.91. The van der Waals surface area contributed by atoms with Crippen LogP contribution in [0.15, 0.2) is 72.8 Å². The molecule has 1 unspecified atom stereocenters. The maximum atomic E-state index is 12.9. The van der Waals surface area contributed by atoms with Crippen molar-refractivity contribution in [2.45, 2.75) is 18.9 Å². The Labute approximate surface area is 181 Å². The number of rotatable bonds is 7. The summed E-state index contributed by atoms with van der Waals surface area (Å²) in [5, 5.41) is 3.11. The number of hydrogen-bond acceptors (Lipinski definition) is 3. The largest absolute Gasteiger partial charge is 0.342 e. The zero-order valence-corrected chi connectivity index (χ0v) is 17.1. The van der Waals surface area contributed by atoms with E-state index in [1.807, 2.05) is 72.8 Å². The lowest BCUT2D eigenvalue weighted by molar-refractivity contribution is 0.0932. The summed E-state index contributed by atoms with van der Waals surface area (Å²) in [6, 6.07) is 22.9. The predicted octanol–water partition coefficient (Wildman–Crippen LogP) is 4.42. The lowest BCUT2D eigenvalue weighted by Crippen LogP contribution is -2.29. The van der Waals surface area contributed by atoms with Gasteiger partial charge in [0.15, 0.2) is 0 Å². The van der Waals surface area contributed by atoms with Gasteiger partial charge in [-0.1, -0.05) is 42.3 Å². The van der Waals surface area contributed by atoms with Crippen molar-refractivity contribution in [1.29, 1.82) is 0 Å². The van der Waals surface area contributed by atoms with E-state index in [0.29, 0.717) is 18.5 Å². The fourth-order valence-corrected chi connectivity index (χ4v) is 3.55. The van der Waals surface area contributed by atoms with E-state index >= 15 is 0 Å². The number of H-pyrrole nitrogens is 1. The van der Waals surface area contributed by atoms with Gasteiger partial charge in [0.2, 0.25) is 0 Å². The second-order valence-electron chi connectivity index (χ2n) is 7.40. The van der Waals surface area contributed by atoms with Crippen molar-refractivity contribution in [2.24, 2.45) is 5.73 Å². The first-order chi connectivity index (χ1) is 15.2. The molecule has 0 aliphatic rings. The minimum Gasteiger partial charge on any atom is -0.342 e. The number of amides is 1. The summed E-state index contributed by atoms with van der Waals surface area (Å²) in [4.78, 5) is 20.9. The van der Waals surface area contributed by atoms with E-state index in [9.17, 15) is 4.79 Å². The zero-order valence-electron chi connectivity index (χ0n) is 17.1. The number of para-hydroxylation sites is 2. The Kier molecular flexibility index (Phi) is 6.11. The van der Waals surface area contributed by atoms with Gasteiger partial charge < -0.3 is 16.0 Å². The Morgan fingerprint density at radius 1 is 1.03 bits per heavy atom.